The Kier molecular flexibility index (Phi) is 7.99. The second kappa shape index (κ2) is 11.8. The first-order valence-corrected chi connectivity index (χ1v) is 13.2. The van der Waals surface area contributed by atoms with Crippen LogP contribution in [0.1, 0.15) is 27.1 Å². The molecule has 10 nitrogen and oxygen atoms in total. The van der Waals surface area contributed by atoms with Crippen LogP contribution in [0.5, 0.6) is 0 Å². The molecule has 1 fully saturated rings. The van der Waals surface area contributed by atoms with Crippen LogP contribution >= 0.6 is 11.6 Å². The molecule has 2 amide bonds. The average molecular weight is 562 g/mol. The molecule has 2 aromatic carbocycles. The molecule has 40 heavy (non-hydrogen) atoms. The van der Waals surface area contributed by atoms with Gasteiger partial charge in [0.1, 0.15) is 0 Å². The lowest BCUT2D eigenvalue weighted by Gasteiger charge is -2.38. The molecule has 1 saturated heterocycles. The highest BCUT2D eigenvalue weighted by Gasteiger charge is 2.33. The van der Waals surface area contributed by atoms with Gasteiger partial charge >= 0.3 is 5.97 Å². The van der Waals surface area contributed by atoms with Crippen molar-refractivity contribution in [3.8, 4) is 5.69 Å². The van der Waals surface area contributed by atoms with Crippen LogP contribution in [0.15, 0.2) is 77.9 Å². The highest BCUT2D eigenvalue weighted by Crippen LogP contribution is 2.24. The second-order valence-corrected chi connectivity index (χ2v) is 10.0. The van der Waals surface area contributed by atoms with Gasteiger partial charge in [-0.1, -0.05) is 23.7 Å². The van der Waals surface area contributed by atoms with Crippen LogP contribution in [-0.2, 0) is 9.53 Å². The Bertz CT molecular complexity index is 1610. The number of nitrogens with one attached hydrogen (secondary N) is 3. The van der Waals surface area contributed by atoms with Crippen molar-refractivity contribution >= 4 is 40.3 Å². The summed E-state index contributed by atoms with van der Waals surface area (Å²) in [7, 11) is 1.33. The minimum atomic E-state index is -0.477. The van der Waals surface area contributed by atoms with Gasteiger partial charge in [0.25, 0.3) is 17.4 Å². The molecule has 11 heteroatoms. The first kappa shape index (κ1) is 27.2. The standard InChI is InChI=1S/C29H28ClN5O5/c1-40-27(37)17-34-13-11-23(32-29(39)19-7-10-21-22(30)15-31-24(21)14-19)25(16-34)33-28(38)18-5-8-20(9-6-18)35-12-3-2-4-26(35)36/h2-10,12,14-15,23,25,31H,11,13,16-17H2,1H3,(H,32,39)(H,33,38). The number of ether oxygens (including phenoxy) is 1. The number of piperidine rings is 1. The summed E-state index contributed by atoms with van der Waals surface area (Å²) in [5, 5.41) is 7.48. The Morgan fingerprint density at radius 2 is 1.73 bits per heavy atom. The number of esters is 1. The Balaban J connectivity index is 1.32. The van der Waals surface area contributed by atoms with E-state index in [1.807, 2.05) is 4.90 Å². The number of carbonyl (C=O) groups excluding carboxylic acids is 3. The number of halogens is 1. The molecule has 206 valence electrons. The molecule has 0 radical (unpaired) electrons. The summed E-state index contributed by atoms with van der Waals surface area (Å²) in [6.07, 6.45) is 3.84. The lowest BCUT2D eigenvalue weighted by atomic mass is 9.97. The number of carbonyl (C=O) groups is 3. The number of hydrogen-bond donors (Lipinski definition) is 3. The summed E-state index contributed by atoms with van der Waals surface area (Å²) in [4.78, 5) is 55.4. The number of benzene rings is 2. The Morgan fingerprint density at radius 1 is 1.00 bits per heavy atom. The monoisotopic (exact) mass is 561 g/mol. The van der Waals surface area contributed by atoms with Crippen LogP contribution in [0.4, 0.5) is 0 Å². The number of aromatic amines is 1. The van der Waals surface area contributed by atoms with E-state index in [4.69, 9.17) is 16.3 Å². The minimum absolute atomic E-state index is 0.0777. The normalized spacial score (nSPS) is 17.4. The quantitative estimate of drug-likeness (QED) is 0.298. The van der Waals surface area contributed by atoms with Crippen molar-refractivity contribution in [3.63, 3.8) is 0 Å². The number of methoxy groups -OCH3 is 1. The van der Waals surface area contributed by atoms with Crippen molar-refractivity contribution in [2.24, 2.45) is 0 Å². The van der Waals surface area contributed by atoms with Crippen LogP contribution in [-0.4, -0.2) is 71.1 Å². The zero-order valence-electron chi connectivity index (χ0n) is 21.7. The fraction of sp³-hybridized carbons (Fsp3) is 0.241. The van der Waals surface area contributed by atoms with Gasteiger partial charge in [-0.15, -0.1) is 0 Å². The van der Waals surface area contributed by atoms with Gasteiger partial charge in [0, 0.05) is 59.3 Å². The largest absolute Gasteiger partial charge is 0.468 e. The van der Waals surface area contributed by atoms with Crippen molar-refractivity contribution in [1.29, 1.82) is 0 Å². The highest BCUT2D eigenvalue weighted by atomic mass is 35.5. The maximum absolute atomic E-state index is 13.2. The number of nitrogens with zero attached hydrogens (tertiary/aromatic N) is 2. The number of rotatable bonds is 7. The molecule has 2 aromatic heterocycles. The summed E-state index contributed by atoms with van der Waals surface area (Å²) in [6, 6.07) is 15.9. The Hall–Kier alpha value is -4.41. The molecule has 2 unspecified atom stereocenters. The molecule has 1 aliphatic rings. The average Bonchev–Trinajstić information content (AvgIpc) is 3.34. The van der Waals surface area contributed by atoms with Gasteiger partial charge in [0.15, 0.2) is 0 Å². The number of fused-ring (bicyclic) bond motifs is 1. The lowest BCUT2D eigenvalue weighted by molar-refractivity contribution is -0.142. The van der Waals surface area contributed by atoms with Gasteiger partial charge in [-0.25, -0.2) is 0 Å². The number of hydrogen-bond acceptors (Lipinski definition) is 6. The van der Waals surface area contributed by atoms with Crippen molar-refractivity contribution in [2.45, 2.75) is 18.5 Å². The summed E-state index contributed by atoms with van der Waals surface area (Å²) < 4.78 is 6.29. The number of H-pyrrole nitrogens is 1. The molecule has 0 bridgehead atoms. The molecule has 4 aromatic rings. The summed E-state index contributed by atoms with van der Waals surface area (Å²) in [5.41, 5.74) is 2.06. The topological polar surface area (TPSA) is 126 Å². The SMILES string of the molecule is COC(=O)CN1CCC(NC(=O)c2ccc3c(Cl)c[nH]c3c2)C(NC(=O)c2ccc(-n3ccccc3=O)cc2)C1. The predicted octanol–water partition coefficient (Wildman–Crippen LogP) is 2.75. The fourth-order valence-corrected chi connectivity index (χ4v) is 5.10. The first-order chi connectivity index (χ1) is 19.3. The third-order valence-corrected chi connectivity index (χ3v) is 7.35. The molecule has 2 atom stereocenters. The Labute approximate surface area is 234 Å². The van der Waals surface area contributed by atoms with E-state index in [1.165, 1.54) is 17.7 Å². The molecular formula is C29H28ClN5O5. The van der Waals surface area contributed by atoms with Crippen LogP contribution in [0.25, 0.3) is 16.6 Å². The maximum Gasteiger partial charge on any atom is 0.319 e. The lowest BCUT2D eigenvalue weighted by Crippen LogP contribution is -2.61. The van der Waals surface area contributed by atoms with E-state index in [0.717, 1.165) is 10.9 Å². The van der Waals surface area contributed by atoms with E-state index < -0.39 is 6.04 Å². The van der Waals surface area contributed by atoms with Crippen LogP contribution in [0.2, 0.25) is 5.02 Å². The van der Waals surface area contributed by atoms with Gasteiger partial charge in [0.05, 0.1) is 30.8 Å². The van der Waals surface area contributed by atoms with E-state index in [-0.39, 0.29) is 35.9 Å². The van der Waals surface area contributed by atoms with Crippen LogP contribution in [0, 0.1) is 0 Å². The third kappa shape index (κ3) is 5.93. The van der Waals surface area contributed by atoms with Gasteiger partial charge in [-0.3, -0.25) is 28.6 Å². The summed E-state index contributed by atoms with van der Waals surface area (Å²) in [6.45, 7) is 0.959. The first-order valence-electron chi connectivity index (χ1n) is 12.8. The number of likely N-dealkylation sites (tertiary alicyclic amines) is 1. The van der Waals surface area contributed by atoms with Crippen molar-refractivity contribution in [1.82, 2.24) is 25.1 Å². The highest BCUT2D eigenvalue weighted by molar-refractivity contribution is 6.35. The van der Waals surface area contributed by atoms with E-state index >= 15 is 0 Å². The molecule has 0 aliphatic carbocycles. The maximum atomic E-state index is 13.2. The van der Waals surface area contributed by atoms with E-state index in [9.17, 15) is 19.2 Å². The van der Waals surface area contributed by atoms with Gasteiger partial charge in [0.2, 0.25) is 0 Å². The fourth-order valence-electron chi connectivity index (χ4n) is 4.88. The smallest absolute Gasteiger partial charge is 0.319 e. The number of pyridine rings is 1. The molecular weight excluding hydrogens is 534 g/mol. The Morgan fingerprint density at radius 3 is 2.48 bits per heavy atom. The van der Waals surface area contributed by atoms with Gasteiger partial charge in [-0.2, -0.15) is 0 Å². The zero-order chi connectivity index (χ0) is 28.2. The van der Waals surface area contributed by atoms with Crippen LogP contribution in [0.3, 0.4) is 0 Å². The summed E-state index contributed by atoms with van der Waals surface area (Å²) in [5.74, 6) is -0.994. The molecule has 3 N–H and O–H groups in total. The van der Waals surface area contributed by atoms with Crippen molar-refractivity contribution in [3.05, 3.63) is 99.6 Å². The minimum Gasteiger partial charge on any atom is -0.468 e. The van der Waals surface area contributed by atoms with Crippen molar-refractivity contribution < 1.29 is 19.1 Å². The molecule has 0 spiro atoms. The predicted molar refractivity (Wildman–Crippen MR) is 151 cm³/mol. The molecule has 3 heterocycles. The van der Waals surface area contributed by atoms with Crippen LogP contribution < -0.4 is 16.2 Å². The molecule has 0 saturated carbocycles. The van der Waals surface area contributed by atoms with E-state index in [2.05, 4.69) is 15.6 Å². The van der Waals surface area contributed by atoms with E-state index in [0.29, 0.717) is 41.3 Å². The number of amides is 2. The van der Waals surface area contributed by atoms with Crippen molar-refractivity contribution in [2.75, 3.05) is 26.7 Å². The number of aromatic nitrogens is 2. The summed E-state index contributed by atoms with van der Waals surface area (Å²) >= 11 is 6.16. The zero-order valence-corrected chi connectivity index (χ0v) is 22.5. The molecule has 1 aliphatic heterocycles. The van der Waals surface area contributed by atoms with Gasteiger partial charge in [-0.05, 0) is 48.9 Å². The molecule has 5 rings (SSSR count). The second-order valence-electron chi connectivity index (χ2n) is 9.61. The third-order valence-electron chi connectivity index (χ3n) is 7.03. The van der Waals surface area contributed by atoms with E-state index in [1.54, 1.807) is 67.0 Å². The van der Waals surface area contributed by atoms with Gasteiger partial charge < -0.3 is 20.4 Å².